The molecule has 1 heterocycles. The van der Waals surface area contributed by atoms with Crippen LogP contribution < -0.4 is 4.74 Å². The van der Waals surface area contributed by atoms with Crippen molar-refractivity contribution in [2.75, 3.05) is 13.2 Å². The number of unbranched alkanes of at least 4 members (excludes halogenated alkanes) is 7. The predicted octanol–water partition coefficient (Wildman–Crippen LogP) is 6.95. The molecule has 1 aromatic heterocycles. The first-order valence-electron chi connectivity index (χ1n) is 13.4. The summed E-state index contributed by atoms with van der Waals surface area (Å²) >= 11 is 0. The van der Waals surface area contributed by atoms with Gasteiger partial charge in [-0.05, 0) is 62.9 Å². The number of esters is 1. The average molecular weight is 485 g/mol. The molecule has 0 aliphatic rings. The van der Waals surface area contributed by atoms with E-state index in [9.17, 15) is 4.79 Å². The molecule has 0 saturated carbocycles. The number of carbonyl (C=O) groups is 1. The van der Waals surface area contributed by atoms with Crippen LogP contribution in [-0.2, 0) is 20.7 Å². The Labute approximate surface area is 211 Å². The highest BCUT2D eigenvalue weighted by molar-refractivity contribution is 5.74. The molecule has 0 aliphatic carbocycles. The van der Waals surface area contributed by atoms with Crippen molar-refractivity contribution in [2.24, 2.45) is 0 Å². The molecule has 2 rings (SSSR count). The van der Waals surface area contributed by atoms with Crippen molar-refractivity contribution in [3.05, 3.63) is 42.2 Å². The lowest BCUT2D eigenvalue weighted by Crippen LogP contribution is -2.28. The molecule has 2 unspecified atom stereocenters. The topological polar surface area (TPSA) is 70.5 Å². The van der Waals surface area contributed by atoms with Crippen molar-refractivity contribution in [2.45, 2.75) is 104 Å². The van der Waals surface area contributed by atoms with Gasteiger partial charge in [-0.1, -0.05) is 58.8 Å². The minimum atomic E-state index is -0.560. The van der Waals surface area contributed by atoms with Crippen LogP contribution in [0.2, 0.25) is 0 Å². The minimum Gasteiger partial charge on any atom is -0.487 e. The highest BCUT2D eigenvalue weighted by Crippen LogP contribution is 2.20. The first kappa shape index (κ1) is 28.8. The quantitative estimate of drug-likeness (QED) is 0.168. The standard InChI is InChI=1S/C29H44N2O4/c1-5-7-9-11-12-14-25-20-30-28(31-21-25)26-15-17-27(18-16-26)35-23(3)22-34-29(32)24(4)33-19-13-10-8-6-2/h15-18,20-21,23-24H,5-14,19,22H2,1-4H3. The van der Waals surface area contributed by atoms with Crippen LogP contribution in [0.5, 0.6) is 5.75 Å². The van der Waals surface area contributed by atoms with Crippen LogP contribution in [-0.4, -0.2) is 41.4 Å². The van der Waals surface area contributed by atoms with Crippen molar-refractivity contribution in [1.29, 1.82) is 0 Å². The number of hydrogen-bond acceptors (Lipinski definition) is 6. The number of nitrogens with zero attached hydrogens (tertiary/aromatic N) is 2. The van der Waals surface area contributed by atoms with Gasteiger partial charge in [0.2, 0.25) is 0 Å². The number of aromatic nitrogens is 2. The minimum absolute atomic E-state index is 0.174. The average Bonchev–Trinajstić information content (AvgIpc) is 2.88. The van der Waals surface area contributed by atoms with Gasteiger partial charge in [0.05, 0.1) is 0 Å². The Kier molecular flexibility index (Phi) is 14.0. The number of ether oxygens (including phenoxy) is 3. The highest BCUT2D eigenvalue weighted by Gasteiger charge is 2.16. The molecule has 0 fully saturated rings. The van der Waals surface area contributed by atoms with Crippen LogP contribution >= 0.6 is 0 Å². The van der Waals surface area contributed by atoms with E-state index >= 15 is 0 Å². The Balaban J connectivity index is 1.71. The predicted molar refractivity (Wildman–Crippen MR) is 141 cm³/mol. The third-order valence-electron chi connectivity index (χ3n) is 5.88. The lowest BCUT2D eigenvalue weighted by atomic mass is 10.1. The van der Waals surface area contributed by atoms with Gasteiger partial charge in [0, 0.05) is 24.6 Å². The summed E-state index contributed by atoms with van der Waals surface area (Å²) in [7, 11) is 0. The van der Waals surface area contributed by atoms with Crippen LogP contribution in [0, 0.1) is 0 Å². The number of aryl methyl sites for hydroxylation is 1. The van der Waals surface area contributed by atoms with E-state index in [4.69, 9.17) is 14.2 Å². The Hall–Kier alpha value is -2.47. The number of carbonyl (C=O) groups excluding carboxylic acids is 1. The number of rotatable bonds is 18. The Morgan fingerprint density at radius 1 is 0.857 bits per heavy atom. The molecule has 6 heteroatoms. The summed E-state index contributed by atoms with van der Waals surface area (Å²) in [6.45, 7) is 8.77. The zero-order valence-corrected chi connectivity index (χ0v) is 22.1. The van der Waals surface area contributed by atoms with Crippen molar-refractivity contribution >= 4 is 5.97 Å². The van der Waals surface area contributed by atoms with Crippen LogP contribution in [0.3, 0.4) is 0 Å². The molecule has 2 atom stereocenters. The van der Waals surface area contributed by atoms with Gasteiger partial charge in [-0.3, -0.25) is 0 Å². The molecule has 1 aromatic carbocycles. The molecule has 0 spiro atoms. The summed E-state index contributed by atoms with van der Waals surface area (Å²) in [5.41, 5.74) is 2.13. The van der Waals surface area contributed by atoms with E-state index in [1.807, 2.05) is 43.6 Å². The molecule has 0 radical (unpaired) electrons. The maximum absolute atomic E-state index is 12.1. The van der Waals surface area contributed by atoms with Gasteiger partial charge in [0.1, 0.15) is 18.5 Å². The summed E-state index contributed by atoms with van der Waals surface area (Å²) in [6, 6.07) is 7.67. The molecule has 2 aromatic rings. The zero-order chi connectivity index (χ0) is 25.3. The second-order valence-corrected chi connectivity index (χ2v) is 9.24. The fourth-order valence-electron chi connectivity index (χ4n) is 3.69. The van der Waals surface area contributed by atoms with Crippen LogP contribution in [0.15, 0.2) is 36.7 Å². The van der Waals surface area contributed by atoms with Gasteiger partial charge in [-0.25, -0.2) is 14.8 Å². The van der Waals surface area contributed by atoms with Crippen molar-refractivity contribution < 1.29 is 19.0 Å². The summed E-state index contributed by atoms with van der Waals surface area (Å²) in [5.74, 6) is 1.06. The fraction of sp³-hybridized carbons (Fsp3) is 0.621. The van der Waals surface area contributed by atoms with Gasteiger partial charge in [0.15, 0.2) is 11.9 Å². The van der Waals surface area contributed by atoms with Crippen molar-refractivity contribution in [1.82, 2.24) is 9.97 Å². The summed E-state index contributed by atoms with van der Waals surface area (Å²) in [6.07, 6.45) is 14.9. The van der Waals surface area contributed by atoms with Gasteiger partial charge in [-0.2, -0.15) is 0 Å². The molecule has 0 amide bonds. The fourth-order valence-corrected chi connectivity index (χ4v) is 3.69. The van der Waals surface area contributed by atoms with E-state index in [0.29, 0.717) is 18.2 Å². The largest absolute Gasteiger partial charge is 0.487 e. The lowest BCUT2D eigenvalue weighted by molar-refractivity contribution is -0.158. The molecule has 0 saturated heterocycles. The molecule has 0 bridgehead atoms. The highest BCUT2D eigenvalue weighted by atomic mass is 16.6. The van der Waals surface area contributed by atoms with E-state index in [0.717, 1.165) is 24.8 Å². The summed E-state index contributed by atoms with van der Waals surface area (Å²) in [5, 5.41) is 0. The van der Waals surface area contributed by atoms with Crippen LogP contribution in [0.25, 0.3) is 11.4 Å². The maximum Gasteiger partial charge on any atom is 0.335 e. The van der Waals surface area contributed by atoms with Gasteiger partial charge in [-0.15, -0.1) is 0 Å². The van der Waals surface area contributed by atoms with Crippen LogP contribution in [0.1, 0.15) is 91.0 Å². The van der Waals surface area contributed by atoms with Gasteiger partial charge >= 0.3 is 5.97 Å². The Morgan fingerprint density at radius 3 is 2.14 bits per heavy atom. The zero-order valence-electron chi connectivity index (χ0n) is 22.1. The molecular weight excluding hydrogens is 440 g/mol. The second-order valence-electron chi connectivity index (χ2n) is 9.24. The molecule has 0 N–H and O–H groups in total. The van der Waals surface area contributed by atoms with Gasteiger partial charge in [0.25, 0.3) is 0 Å². The van der Waals surface area contributed by atoms with E-state index in [1.54, 1.807) is 6.92 Å². The third-order valence-corrected chi connectivity index (χ3v) is 5.88. The summed E-state index contributed by atoms with van der Waals surface area (Å²) in [4.78, 5) is 21.2. The Bertz CT molecular complexity index is 824. The molecule has 6 nitrogen and oxygen atoms in total. The van der Waals surface area contributed by atoms with E-state index in [-0.39, 0.29) is 18.7 Å². The van der Waals surface area contributed by atoms with Gasteiger partial charge < -0.3 is 14.2 Å². The second kappa shape index (κ2) is 17.0. The van der Waals surface area contributed by atoms with E-state index in [2.05, 4.69) is 23.8 Å². The lowest BCUT2D eigenvalue weighted by Gasteiger charge is -2.17. The molecule has 0 aliphatic heterocycles. The van der Waals surface area contributed by atoms with Crippen LogP contribution in [0.4, 0.5) is 0 Å². The summed E-state index contributed by atoms with van der Waals surface area (Å²) < 4.78 is 16.8. The smallest absolute Gasteiger partial charge is 0.335 e. The molecule has 194 valence electrons. The van der Waals surface area contributed by atoms with E-state index in [1.165, 1.54) is 50.5 Å². The number of benzene rings is 1. The molecular formula is C29H44N2O4. The maximum atomic E-state index is 12.1. The van der Waals surface area contributed by atoms with E-state index < -0.39 is 6.10 Å². The van der Waals surface area contributed by atoms with Crippen molar-refractivity contribution in [3.8, 4) is 17.1 Å². The number of hydrogen-bond donors (Lipinski definition) is 0. The Morgan fingerprint density at radius 2 is 1.49 bits per heavy atom. The SMILES string of the molecule is CCCCCCCc1cnc(-c2ccc(OC(C)COC(=O)C(C)OCCCCCC)cc2)nc1. The third kappa shape index (κ3) is 11.7. The first-order chi connectivity index (χ1) is 17.0. The molecule has 35 heavy (non-hydrogen) atoms. The first-order valence-corrected chi connectivity index (χ1v) is 13.4. The van der Waals surface area contributed by atoms with Crippen molar-refractivity contribution in [3.63, 3.8) is 0 Å². The monoisotopic (exact) mass is 484 g/mol. The normalized spacial score (nSPS) is 12.8.